The van der Waals surface area contributed by atoms with Crippen molar-refractivity contribution < 1.29 is 4.74 Å². The minimum atomic E-state index is 0.807. The van der Waals surface area contributed by atoms with Crippen molar-refractivity contribution in [2.45, 2.75) is 0 Å². The summed E-state index contributed by atoms with van der Waals surface area (Å²) in [6, 6.07) is 18.0. The molecule has 0 atom stereocenters. The van der Waals surface area contributed by atoms with E-state index in [9.17, 15) is 0 Å². The first-order chi connectivity index (χ1) is 11.3. The van der Waals surface area contributed by atoms with Gasteiger partial charge < -0.3 is 9.72 Å². The smallest absolute Gasteiger partial charge is 0.128 e. The Labute approximate surface area is 133 Å². The van der Waals surface area contributed by atoms with Crippen LogP contribution in [-0.4, -0.2) is 22.1 Å². The average molecular weight is 301 g/mol. The molecule has 4 aromatic rings. The summed E-state index contributed by atoms with van der Waals surface area (Å²) in [6.07, 6.45) is 3.58. The summed E-state index contributed by atoms with van der Waals surface area (Å²) >= 11 is 0. The molecule has 1 N–H and O–H groups in total. The summed E-state index contributed by atoms with van der Waals surface area (Å²) < 4.78 is 5.49. The molecule has 0 fully saturated rings. The topological polar surface area (TPSA) is 50.8 Å². The minimum absolute atomic E-state index is 0.807. The van der Waals surface area contributed by atoms with Crippen molar-refractivity contribution in [2.75, 3.05) is 7.11 Å². The van der Waals surface area contributed by atoms with Crippen LogP contribution in [-0.2, 0) is 0 Å². The Morgan fingerprint density at radius 1 is 0.913 bits per heavy atom. The van der Waals surface area contributed by atoms with Crippen LogP contribution in [0.1, 0.15) is 0 Å². The number of benzene rings is 1. The van der Waals surface area contributed by atoms with E-state index in [-0.39, 0.29) is 0 Å². The van der Waals surface area contributed by atoms with E-state index in [1.807, 2.05) is 42.5 Å². The van der Waals surface area contributed by atoms with Gasteiger partial charge in [0.1, 0.15) is 5.75 Å². The Kier molecular flexibility index (Phi) is 3.27. The summed E-state index contributed by atoms with van der Waals surface area (Å²) in [5.74, 6) is 0.807. The molecule has 0 radical (unpaired) electrons. The van der Waals surface area contributed by atoms with Gasteiger partial charge in [-0.25, -0.2) is 0 Å². The van der Waals surface area contributed by atoms with E-state index in [4.69, 9.17) is 4.74 Å². The summed E-state index contributed by atoms with van der Waals surface area (Å²) in [4.78, 5) is 12.2. The zero-order valence-electron chi connectivity index (χ0n) is 12.7. The lowest BCUT2D eigenvalue weighted by Crippen LogP contribution is -1.91. The molecule has 4 nitrogen and oxygen atoms in total. The van der Waals surface area contributed by atoms with Crippen LogP contribution in [0.25, 0.3) is 33.5 Å². The number of aromatic amines is 1. The van der Waals surface area contributed by atoms with Crippen LogP contribution in [0.2, 0.25) is 0 Å². The molecule has 0 aliphatic carbocycles. The first-order valence-corrected chi connectivity index (χ1v) is 7.39. The normalized spacial score (nSPS) is 10.8. The lowest BCUT2D eigenvalue weighted by Gasteiger charge is -2.09. The van der Waals surface area contributed by atoms with Gasteiger partial charge in [0.15, 0.2) is 0 Å². The number of ether oxygens (including phenoxy) is 1. The van der Waals surface area contributed by atoms with Gasteiger partial charge in [0.25, 0.3) is 0 Å². The highest BCUT2D eigenvalue weighted by Gasteiger charge is 2.11. The monoisotopic (exact) mass is 301 g/mol. The Morgan fingerprint density at radius 2 is 1.83 bits per heavy atom. The molecular weight excluding hydrogens is 286 g/mol. The summed E-state index contributed by atoms with van der Waals surface area (Å²) in [5.41, 5.74) is 5.94. The number of hydrogen-bond donors (Lipinski definition) is 1. The van der Waals surface area contributed by atoms with Crippen LogP contribution in [0.5, 0.6) is 5.75 Å². The maximum Gasteiger partial charge on any atom is 0.128 e. The fourth-order valence-electron chi connectivity index (χ4n) is 2.71. The number of pyridine rings is 2. The fraction of sp³-hybridized carbons (Fsp3) is 0.0526. The van der Waals surface area contributed by atoms with Crippen molar-refractivity contribution in [3.05, 3.63) is 67.0 Å². The zero-order chi connectivity index (χ0) is 15.6. The van der Waals surface area contributed by atoms with E-state index in [1.54, 1.807) is 19.5 Å². The van der Waals surface area contributed by atoms with Crippen molar-refractivity contribution in [1.29, 1.82) is 0 Å². The summed E-state index contributed by atoms with van der Waals surface area (Å²) in [7, 11) is 1.67. The predicted molar refractivity (Wildman–Crippen MR) is 91.3 cm³/mol. The third-order valence-electron chi connectivity index (χ3n) is 3.84. The highest BCUT2D eigenvalue weighted by Crippen LogP contribution is 2.33. The van der Waals surface area contributed by atoms with Gasteiger partial charge in [-0.1, -0.05) is 6.07 Å². The molecule has 3 heterocycles. The molecule has 0 unspecified atom stereocenters. The highest BCUT2D eigenvalue weighted by atomic mass is 16.5. The van der Waals surface area contributed by atoms with Crippen LogP contribution < -0.4 is 4.74 Å². The number of H-pyrrole nitrogens is 1. The molecule has 4 rings (SSSR count). The van der Waals surface area contributed by atoms with Gasteiger partial charge in [-0.05, 0) is 54.1 Å². The molecule has 0 amide bonds. The molecule has 0 saturated heterocycles. The van der Waals surface area contributed by atoms with Gasteiger partial charge in [-0.3, -0.25) is 9.97 Å². The minimum Gasteiger partial charge on any atom is -0.496 e. The maximum atomic E-state index is 5.49. The molecule has 4 heteroatoms. The Bertz CT molecular complexity index is 928. The largest absolute Gasteiger partial charge is 0.496 e. The van der Waals surface area contributed by atoms with Crippen molar-refractivity contribution in [1.82, 2.24) is 15.0 Å². The predicted octanol–water partition coefficient (Wildman–Crippen LogP) is 4.30. The van der Waals surface area contributed by atoms with E-state index in [2.05, 4.69) is 27.1 Å². The number of methoxy groups -OCH3 is 1. The number of nitrogens with one attached hydrogen (secondary N) is 1. The number of hydrogen-bond acceptors (Lipinski definition) is 3. The summed E-state index contributed by atoms with van der Waals surface area (Å²) in [6.45, 7) is 0. The summed E-state index contributed by atoms with van der Waals surface area (Å²) in [5, 5.41) is 0. The van der Waals surface area contributed by atoms with Gasteiger partial charge in [0.2, 0.25) is 0 Å². The quantitative estimate of drug-likeness (QED) is 0.614. The van der Waals surface area contributed by atoms with E-state index in [0.29, 0.717) is 0 Å². The third kappa shape index (κ3) is 2.44. The van der Waals surface area contributed by atoms with Gasteiger partial charge in [-0.15, -0.1) is 0 Å². The van der Waals surface area contributed by atoms with E-state index < -0.39 is 0 Å². The Morgan fingerprint density at radius 3 is 2.61 bits per heavy atom. The highest BCUT2D eigenvalue weighted by molar-refractivity contribution is 5.84. The van der Waals surface area contributed by atoms with E-state index in [0.717, 1.165) is 39.3 Å². The van der Waals surface area contributed by atoms with Crippen molar-refractivity contribution >= 4 is 11.0 Å². The van der Waals surface area contributed by atoms with Crippen LogP contribution in [0.4, 0.5) is 0 Å². The van der Waals surface area contributed by atoms with E-state index in [1.165, 1.54) is 0 Å². The van der Waals surface area contributed by atoms with Gasteiger partial charge in [-0.2, -0.15) is 0 Å². The van der Waals surface area contributed by atoms with Gasteiger partial charge in [0.05, 0.1) is 23.8 Å². The SMILES string of the molecule is COc1ccc(-c2cc3ncccc3[nH]2)cc1-c1ccccn1. The standard InChI is InChI=1S/C19H15N3O/c1-23-19-8-7-13(11-14(19)15-5-2-3-9-20-15)17-12-18-16(22-17)6-4-10-21-18/h2-12,22H,1H3. The molecule has 0 saturated carbocycles. The van der Waals surface area contributed by atoms with Crippen LogP contribution in [0, 0.1) is 0 Å². The van der Waals surface area contributed by atoms with Crippen molar-refractivity contribution in [3.8, 4) is 28.3 Å². The third-order valence-corrected chi connectivity index (χ3v) is 3.84. The lowest BCUT2D eigenvalue weighted by molar-refractivity contribution is 0.416. The molecule has 0 bridgehead atoms. The van der Waals surface area contributed by atoms with Crippen LogP contribution >= 0.6 is 0 Å². The second-order valence-corrected chi connectivity index (χ2v) is 5.25. The second kappa shape index (κ2) is 5.57. The molecule has 0 aliphatic rings. The molecule has 112 valence electrons. The van der Waals surface area contributed by atoms with Gasteiger partial charge in [0, 0.05) is 23.7 Å². The lowest BCUT2D eigenvalue weighted by atomic mass is 10.0. The Balaban J connectivity index is 1.86. The number of aromatic nitrogens is 3. The Hall–Kier alpha value is -3.14. The first-order valence-electron chi connectivity index (χ1n) is 7.39. The molecule has 0 spiro atoms. The molecule has 1 aromatic carbocycles. The van der Waals surface area contributed by atoms with Gasteiger partial charge >= 0.3 is 0 Å². The number of rotatable bonds is 3. The maximum absolute atomic E-state index is 5.49. The average Bonchev–Trinajstić information content (AvgIpc) is 3.06. The first kappa shape index (κ1) is 13.5. The van der Waals surface area contributed by atoms with Crippen LogP contribution in [0.15, 0.2) is 67.0 Å². The van der Waals surface area contributed by atoms with E-state index >= 15 is 0 Å². The molecule has 23 heavy (non-hydrogen) atoms. The molecule has 3 aromatic heterocycles. The molecule has 0 aliphatic heterocycles. The second-order valence-electron chi connectivity index (χ2n) is 5.25. The fourth-order valence-corrected chi connectivity index (χ4v) is 2.71. The van der Waals surface area contributed by atoms with Crippen molar-refractivity contribution in [3.63, 3.8) is 0 Å². The number of nitrogens with zero attached hydrogens (tertiary/aromatic N) is 2. The van der Waals surface area contributed by atoms with Crippen LogP contribution in [0.3, 0.4) is 0 Å². The zero-order valence-corrected chi connectivity index (χ0v) is 12.7. The van der Waals surface area contributed by atoms with Crippen molar-refractivity contribution in [2.24, 2.45) is 0 Å². The molecular formula is C19H15N3O. The number of fused-ring (bicyclic) bond motifs is 1.